The van der Waals surface area contributed by atoms with Gasteiger partial charge >= 0.3 is 0 Å². The topological polar surface area (TPSA) is 84.0 Å². The van der Waals surface area contributed by atoms with E-state index in [-0.39, 0.29) is 5.91 Å². The van der Waals surface area contributed by atoms with E-state index >= 15 is 0 Å². The molecule has 1 aliphatic rings. The maximum Gasteiger partial charge on any atom is 0.257 e. The van der Waals surface area contributed by atoms with Crippen molar-refractivity contribution in [3.63, 3.8) is 0 Å². The second kappa shape index (κ2) is 5.46. The first-order valence-corrected chi connectivity index (χ1v) is 6.48. The lowest BCUT2D eigenvalue weighted by atomic mass is 10.0. The molecular formula is C12H12ClN5O2. The summed E-state index contributed by atoms with van der Waals surface area (Å²) in [6.45, 7) is 1.82. The molecule has 0 unspecified atom stereocenters. The summed E-state index contributed by atoms with van der Waals surface area (Å²) in [5.74, 6) is 0.682. The van der Waals surface area contributed by atoms with Gasteiger partial charge < -0.3 is 9.64 Å². The molecule has 0 radical (unpaired) electrons. The Labute approximate surface area is 119 Å². The highest BCUT2D eigenvalue weighted by atomic mass is 35.5. The number of aromatic amines is 1. The summed E-state index contributed by atoms with van der Waals surface area (Å²) in [6, 6.07) is 0. The molecule has 20 heavy (non-hydrogen) atoms. The number of ether oxygens (including phenoxy) is 1. The highest BCUT2D eigenvalue weighted by Crippen LogP contribution is 2.19. The van der Waals surface area contributed by atoms with E-state index in [2.05, 4.69) is 20.2 Å². The van der Waals surface area contributed by atoms with Crippen LogP contribution in [0.15, 0.2) is 24.8 Å². The average Bonchev–Trinajstić information content (AvgIpc) is 2.90. The second-order valence-electron chi connectivity index (χ2n) is 4.55. The van der Waals surface area contributed by atoms with Crippen LogP contribution in [-0.4, -0.2) is 50.7 Å². The largest absolute Gasteiger partial charge is 0.476 e. The van der Waals surface area contributed by atoms with Gasteiger partial charge in [-0.15, -0.1) is 0 Å². The summed E-state index contributed by atoms with van der Waals surface area (Å²) in [4.78, 5) is 21.6. The van der Waals surface area contributed by atoms with Crippen LogP contribution in [0.5, 0.6) is 5.88 Å². The van der Waals surface area contributed by atoms with E-state index in [0.717, 1.165) is 0 Å². The molecule has 1 aliphatic heterocycles. The molecule has 1 fully saturated rings. The van der Waals surface area contributed by atoms with E-state index < -0.39 is 0 Å². The van der Waals surface area contributed by atoms with E-state index in [1.165, 1.54) is 18.6 Å². The fourth-order valence-corrected chi connectivity index (χ4v) is 2.13. The van der Waals surface area contributed by atoms with Gasteiger partial charge in [0.2, 0.25) is 5.88 Å². The average molecular weight is 294 g/mol. The fraction of sp³-hybridized carbons (Fsp3) is 0.333. The standard InChI is InChI=1S/C12H12ClN5O2/c13-10-3-14-4-11(17-10)20-7-8-5-18(6-8)12(19)9-1-15-16-2-9/h1-4,8H,5-7H2,(H,15,16). The van der Waals surface area contributed by atoms with Gasteiger partial charge in [0.25, 0.3) is 5.91 Å². The molecule has 104 valence electrons. The minimum absolute atomic E-state index is 0.0162. The van der Waals surface area contributed by atoms with Gasteiger partial charge in [-0.05, 0) is 0 Å². The number of hydrogen-bond acceptors (Lipinski definition) is 5. The number of nitrogens with zero attached hydrogens (tertiary/aromatic N) is 4. The Hall–Kier alpha value is -2.15. The van der Waals surface area contributed by atoms with E-state index in [1.807, 2.05) is 0 Å². The van der Waals surface area contributed by atoms with Gasteiger partial charge in [0.15, 0.2) is 5.15 Å². The first kappa shape index (κ1) is 12.9. The number of carbonyl (C=O) groups excluding carboxylic acids is 1. The molecule has 0 bridgehead atoms. The third-order valence-corrected chi connectivity index (χ3v) is 3.22. The van der Waals surface area contributed by atoms with E-state index in [9.17, 15) is 4.79 Å². The van der Waals surface area contributed by atoms with Crippen molar-refractivity contribution in [1.29, 1.82) is 0 Å². The van der Waals surface area contributed by atoms with Crippen LogP contribution >= 0.6 is 11.6 Å². The Morgan fingerprint density at radius 3 is 3.00 bits per heavy atom. The van der Waals surface area contributed by atoms with Gasteiger partial charge in [-0.3, -0.25) is 14.9 Å². The number of carbonyl (C=O) groups is 1. The van der Waals surface area contributed by atoms with Crippen LogP contribution in [0, 0.1) is 5.92 Å². The third kappa shape index (κ3) is 2.72. The number of amides is 1. The number of H-pyrrole nitrogens is 1. The molecule has 0 aromatic carbocycles. The van der Waals surface area contributed by atoms with Gasteiger partial charge in [-0.25, -0.2) is 0 Å². The normalized spacial score (nSPS) is 14.9. The zero-order valence-corrected chi connectivity index (χ0v) is 11.2. The quantitative estimate of drug-likeness (QED) is 0.909. The molecule has 1 N–H and O–H groups in total. The lowest BCUT2D eigenvalue weighted by Crippen LogP contribution is -2.52. The minimum atomic E-state index is -0.0162. The fourth-order valence-electron chi connectivity index (χ4n) is 1.99. The van der Waals surface area contributed by atoms with Crippen molar-refractivity contribution in [3.8, 4) is 5.88 Å². The van der Waals surface area contributed by atoms with Crippen molar-refractivity contribution >= 4 is 17.5 Å². The second-order valence-corrected chi connectivity index (χ2v) is 4.94. The molecule has 7 nitrogen and oxygen atoms in total. The summed E-state index contributed by atoms with van der Waals surface area (Å²) in [6.07, 6.45) is 6.07. The monoisotopic (exact) mass is 293 g/mol. The van der Waals surface area contributed by atoms with E-state index in [4.69, 9.17) is 16.3 Å². The first-order chi connectivity index (χ1) is 9.72. The van der Waals surface area contributed by atoms with Gasteiger partial charge in [-0.1, -0.05) is 11.6 Å². The van der Waals surface area contributed by atoms with Crippen molar-refractivity contribution in [3.05, 3.63) is 35.5 Å². The van der Waals surface area contributed by atoms with E-state index in [1.54, 1.807) is 11.1 Å². The maximum atomic E-state index is 11.9. The van der Waals surface area contributed by atoms with Crippen LogP contribution in [-0.2, 0) is 0 Å². The van der Waals surface area contributed by atoms with Crippen molar-refractivity contribution in [2.75, 3.05) is 19.7 Å². The van der Waals surface area contributed by atoms with Crippen LogP contribution in [0.25, 0.3) is 0 Å². The van der Waals surface area contributed by atoms with Crippen LogP contribution in [0.1, 0.15) is 10.4 Å². The number of hydrogen-bond donors (Lipinski definition) is 1. The predicted molar refractivity (Wildman–Crippen MR) is 70.5 cm³/mol. The first-order valence-electron chi connectivity index (χ1n) is 6.11. The maximum absolute atomic E-state index is 11.9. The van der Waals surface area contributed by atoms with Gasteiger partial charge in [0.1, 0.15) is 0 Å². The van der Waals surface area contributed by atoms with Gasteiger partial charge in [0.05, 0.1) is 30.8 Å². The van der Waals surface area contributed by atoms with Gasteiger partial charge in [-0.2, -0.15) is 10.1 Å². The summed E-state index contributed by atoms with van der Waals surface area (Å²) in [5.41, 5.74) is 0.574. The lowest BCUT2D eigenvalue weighted by molar-refractivity contribution is 0.0388. The summed E-state index contributed by atoms with van der Waals surface area (Å²) < 4.78 is 5.49. The lowest BCUT2D eigenvalue weighted by Gasteiger charge is -2.38. The van der Waals surface area contributed by atoms with Crippen molar-refractivity contribution in [1.82, 2.24) is 25.1 Å². The Balaban J connectivity index is 1.46. The molecule has 3 heterocycles. The molecule has 1 saturated heterocycles. The van der Waals surface area contributed by atoms with Crippen LogP contribution in [0.4, 0.5) is 0 Å². The zero-order chi connectivity index (χ0) is 13.9. The summed E-state index contributed by atoms with van der Waals surface area (Å²) in [5, 5.41) is 6.69. The molecule has 3 rings (SSSR count). The van der Waals surface area contributed by atoms with Crippen LogP contribution in [0.2, 0.25) is 5.15 Å². The van der Waals surface area contributed by atoms with Gasteiger partial charge in [0, 0.05) is 25.2 Å². The molecule has 8 heteroatoms. The molecule has 0 spiro atoms. The molecular weight excluding hydrogens is 282 g/mol. The number of rotatable bonds is 4. The predicted octanol–water partition coefficient (Wildman–Crippen LogP) is 1.00. The Morgan fingerprint density at radius 1 is 1.45 bits per heavy atom. The summed E-state index contributed by atoms with van der Waals surface area (Å²) >= 11 is 5.71. The summed E-state index contributed by atoms with van der Waals surface area (Å²) in [7, 11) is 0. The van der Waals surface area contributed by atoms with E-state index in [0.29, 0.717) is 42.2 Å². The Morgan fingerprint density at radius 2 is 2.30 bits per heavy atom. The smallest absolute Gasteiger partial charge is 0.257 e. The Bertz CT molecular complexity index is 598. The number of likely N-dealkylation sites (tertiary alicyclic amines) is 1. The molecule has 1 amide bonds. The van der Waals surface area contributed by atoms with Crippen molar-refractivity contribution < 1.29 is 9.53 Å². The minimum Gasteiger partial charge on any atom is -0.476 e. The molecule has 2 aromatic heterocycles. The highest BCUT2D eigenvalue weighted by molar-refractivity contribution is 6.29. The number of halogens is 1. The van der Waals surface area contributed by atoms with Crippen LogP contribution in [0.3, 0.4) is 0 Å². The third-order valence-electron chi connectivity index (χ3n) is 3.04. The van der Waals surface area contributed by atoms with Crippen molar-refractivity contribution in [2.45, 2.75) is 0 Å². The Kier molecular flexibility index (Phi) is 3.51. The highest BCUT2D eigenvalue weighted by Gasteiger charge is 2.32. The zero-order valence-electron chi connectivity index (χ0n) is 10.5. The van der Waals surface area contributed by atoms with Crippen molar-refractivity contribution in [2.24, 2.45) is 5.92 Å². The molecule has 0 atom stereocenters. The molecule has 0 saturated carbocycles. The number of aromatic nitrogens is 4. The molecule has 0 aliphatic carbocycles. The molecule has 2 aromatic rings. The number of nitrogens with one attached hydrogen (secondary N) is 1. The SMILES string of the molecule is O=C(c1cn[nH]c1)N1CC(COc2cncc(Cl)n2)C1. The van der Waals surface area contributed by atoms with Crippen LogP contribution < -0.4 is 4.74 Å².